The van der Waals surface area contributed by atoms with E-state index in [2.05, 4.69) is 15.8 Å². The summed E-state index contributed by atoms with van der Waals surface area (Å²) in [6, 6.07) is 0. The molecule has 1 radical (unpaired) electrons. The molecule has 0 bridgehead atoms. The van der Waals surface area contributed by atoms with Gasteiger partial charge in [-0.05, 0) is 0 Å². The molecule has 0 aromatic heterocycles. The third-order valence-electron chi connectivity index (χ3n) is 0.884. The van der Waals surface area contributed by atoms with Crippen LogP contribution in [0.1, 0.15) is 0 Å². The van der Waals surface area contributed by atoms with Gasteiger partial charge in [0.1, 0.15) is 0 Å². The van der Waals surface area contributed by atoms with Gasteiger partial charge < -0.3 is 9.50 Å². The molecule has 5 heteroatoms. The molecule has 0 rings (SSSR count). The van der Waals surface area contributed by atoms with Crippen molar-refractivity contribution in [2.75, 3.05) is 21.1 Å². The van der Waals surface area contributed by atoms with Crippen molar-refractivity contribution in [1.29, 1.82) is 0 Å². The number of halogens is 1. The fraction of sp³-hybridized carbons (Fsp3) is 0.750. The highest BCUT2D eigenvalue weighted by Gasteiger charge is 2.19. The molecule has 0 spiro atoms. The molecule has 1 N–H and O–H groups in total. The Balaban J connectivity index is 4.04. The second-order valence-electron chi connectivity index (χ2n) is 2.79. The average molecular weight is 195 g/mol. The minimum atomic E-state index is -0.831. The molecule has 53 valence electrons. The Bertz CT molecular complexity index is 122. The monoisotopic (exact) mass is 194 g/mol. The summed E-state index contributed by atoms with van der Waals surface area (Å²) in [7, 11) is 5.44. The largest absolute Gasteiger partial charge is 0.526 e. The minimum absolute atomic E-state index is 0.384. The van der Waals surface area contributed by atoms with Gasteiger partial charge in [-0.3, -0.25) is 20.6 Å². The van der Waals surface area contributed by atoms with Crippen molar-refractivity contribution in [2.45, 2.75) is 0 Å². The van der Waals surface area contributed by atoms with Gasteiger partial charge in [0.25, 0.3) is 0 Å². The number of quaternary nitrogens is 1. The smallest absolute Gasteiger partial charge is 0.323 e. The van der Waals surface area contributed by atoms with Crippen molar-refractivity contribution < 1.29 is 14.3 Å². The van der Waals surface area contributed by atoms with Crippen LogP contribution in [0.2, 0.25) is 0 Å². The Kier molecular flexibility index (Phi) is 2.70. The van der Waals surface area contributed by atoms with E-state index in [0.717, 1.165) is 0 Å². The fourth-order valence-electron chi connectivity index (χ4n) is 0.331. The quantitative estimate of drug-likeness (QED) is 0.662. The van der Waals surface area contributed by atoms with Gasteiger partial charge in [-0.15, -0.1) is 0 Å². The highest BCUT2D eigenvalue weighted by Crippen LogP contribution is 2.05. The average Bonchev–Trinajstić information content (AvgIpc) is 1.62. The van der Waals surface area contributed by atoms with E-state index in [-0.39, 0.29) is 0 Å². The van der Waals surface area contributed by atoms with E-state index >= 15 is 0 Å². The molecule has 3 nitrogen and oxygen atoms in total. The third kappa shape index (κ3) is 2.86. The molecule has 0 aliphatic rings. The Morgan fingerprint density at radius 3 is 1.89 bits per heavy atom. The Labute approximate surface area is 63.3 Å². The van der Waals surface area contributed by atoms with E-state index in [4.69, 9.17) is 5.11 Å². The van der Waals surface area contributed by atoms with E-state index < -0.39 is 11.5 Å². The first-order chi connectivity index (χ1) is 3.85. The summed E-state index contributed by atoms with van der Waals surface area (Å²) in [6.45, 7) is 0. The predicted molar refractivity (Wildman–Crippen MR) is 40.7 cm³/mol. The molecular weight excluding hydrogens is 185 g/mol. The topological polar surface area (TPSA) is 37.3 Å². The van der Waals surface area contributed by atoms with Crippen LogP contribution in [0, 0.1) is 0 Å². The molecule has 9 heavy (non-hydrogen) atoms. The molecule has 0 saturated carbocycles. The lowest BCUT2D eigenvalue weighted by Gasteiger charge is -2.38. The van der Waals surface area contributed by atoms with Gasteiger partial charge in [0, 0.05) is 21.1 Å². The molecule has 0 atom stereocenters. The molecule has 0 fully saturated rings. The normalized spacial score (nSPS) is 12.1. The number of hydrogen-bond acceptors (Lipinski definition) is 1. The Hall–Kier alpha value is -0.0251. The van der Waals surface area contributed by atoms with Crippen molar-refractivity contribution in [3.63, 3.8) is 0 Å². The molecule has 0 aliphatic heterocycles. The van der Waals surface area contributed by atoms with Crippen LogP contribution >= 0.6 is 15.8 Å². The number of carbonyl (C=O) groups is 1. The van der Waals surface area contributed by atoms with Crippen LogP contribution in [0.15, 0.2) is 0 Å². The zero-order valence-electron chi connectivity index (χ0n) is 5.76. The maximum absolute atomic E-state index is 10.3. The van der Waals surface area contributed by atoms with E-state index in [1.807, 2.05) is 21.1 Å². The Morgan fingerprint density at radius 1 is 1.56 bits per heavy atom. The van der Waals surface area contributed by atoms with Crippen LogP contribution in [0.3, 0.4) is 0 Å². The standard InChI is InChI=1S/C4H9BBrNO2/c1-7(2,3)5(6)4(8)9/h1-3H3/q-1/p+1. The lowest BCUT2D eigenvalue weighted by Crippen LogP contribution is -2.49. The highest BCUT2D eigenvalue weighted by molar-refractivity contribution is 9.25. The maximum atomic E-state index is 10.3. The van der Waals surface area contributed by atoms with E-state index in [1.54, 1.807) is 0 Å². The SMILES string of the molecule is C[N+](C)(C)[B-](Br)C(=O)O. The summed E-state index contributed by atoms with van der Waals surface area (Å²) < 4.78 is 0.384. The fourth-order valence-corrected chi connectivity index (χ4v) is 0.331. The molecule has 0 aliphatic carbocycles. The van der Waals surface area contributed by atoms with Gasteiger partial charge in [-0.1, -0.05) is 0 Å². The third-order valence-corrected chi connectivity index (χ3v) is 2.50. The second-order valence-corrected chi connectivity index (χ2v) is 3.66. The van der Waals surface area contributed by atoms with Gasteiger partial charge >= 0.3 is 5.67 Å². The summed E-state index contributed by atoms with van der Waals surface area (Å²) in [5.74, 6) is -0.831. The van der Waals surface area contributed by atoms with Crippen LogP contribution in [-0.2, 0) is 0 Å². The minimum Gasteiger partial charge on any atom is -0.526 e. The van der Waals surface area contributed by atoms with E-state index in [0.29, 0.717) is 4.39 Å². The van der Waals surface area contributed by atoms with Crippen molar-refractivity contribution in [1.82, 2.24) is 0 Å². The molecule has 0 unspecified atom stereocenters. The van der Waals surface area contributed by atoms with Gasteiger partial charge in [-0.25, -0.2) is 0 Å². The van der Waals surface area contributed by atoms with Crippen molar-refractivity contribution in [3.8, 4) is 0 Å². The van der Waals surface area contributed by atoms with Crippen LogP contribution in [-0.4, -0.2) is 42.2 Å². The van der Waals surface area contributed by atoms with Crippen LogP contribution in [0.5, 0.6) is 0 Å². The summed E-state index contributed by atoms with van der Waals surface area (Å²) in [6.07, 6.45) is 0. The second kappa shape index (κ2) is 2.71. The number of rotatable bonds is 2. The van der Waals surface area contributed by atoms with E-state index in [1.165, 1.54) is 0 Å². The van der Waals surface area contributed by atoms with Crippen molar-refractivity contribution >= 4 is 27.3 Å². The lowest BCUT2D eigenvalue weighted by molar-refractivity contribution is -0.755. The molecule has 0 aromatic carbocycles. The maximum Gasteiger partial charge on any atom is 0.323 e. The summed E-state index contributed by atoms with van der Waals surface area (Å²) in [5.41, 5.74) is -0.516. The highest BCUT2D eigenvalue weighted by atomic mass is 79.9. The van der Waals surface area contributed by atoms with E-state index in [9.17, 15) is 4.79 Å². The first-order valence-electron chi connectivity index (χ1n) is 2.53. The molecule has 0 amide bonds. The molecule has 0 aromatic rings. The van der Waals surface area contributed by atoms with Gasteiger partial charge in [0.2, 0.25) is 0 Å². The first kappa shape index (κ1) is 8.97. The van der Waals surface area contributed by atoms with Crippen molar-refractivity contribution in [3.05, 3.63) is 0 Å². The molecule has 0 heterocycles. The van der Waals surface area contributed by atoms with Gasteiger partial charge in [0.05, 0.1) is 0 Å². The zero-order chi connectivity index (χ0) is 7.65. The molecular formula is C4H10BBrNO2. The Morgan fingerprint density at radius 2 is 1.89 bits per heavy atom. The number of nitrogens with zero attached hydrogens (tertiary/aromatic N) is 1. The van der Waals surface area contributed by atoms with Gasteiger partial charge in [-0.2, -0.15) is 0 Å². The van der Waals surface area contributed by atoms with Crippen molar-refractivity contribution in [2.24, 2.45) is 0 Å². The predicted octanol–water partition coefficient (Wildman–Crippen LogP) is 0.835. The lowest BCUT2D eigenvalue weighted by atomic mass is 9.89. The zero-order valence-corrected chi connectivity index (χ0v) is 7.34. The number of carboxylic acid groups (broad SMARTS) is 1. The van der Waals surface area contributed by atoms with Gasteiger partial charge in [0.15, 0.2) is 5.87 Å². The number of hydrogen-bond donors (Lipinski definition) is 1. The van der Waals surface area contributed by atoms with Crippen LogP contribution < -0.4 is 0 Å². The van der Waals surface area contributed by atoms with Crippen LogP contribution in [0.4, 0.5) is 4.79 Å². The molecule has 0 saturated heterocycles. The summed E-state index contributed by atoms with van der Waals surface area (Å²) in [5, 5.41) is 8.46. The summed E-state index contributed by atoms with van der Waals surface area (Å²) >= 11 is 3.04. The summed E-state index contributed by atoms with van der Waals surface area (Å²) in [4.78, 5) is 10.3. The first-order valence-corrected chi connectivity index (χ1v) is 3.45. The van der Waals surface area contributed by atoms with Crippen LogP contribution in [0.25, 0.3) is 0 Å².